The predicted octanol–water partition coefficient (Wildman–Crippen LogP) is 5.11. The van der Waals surface area contributed by atoms with Gasteiger partial charge in [0.25, 0.3) is 5.56 Å². The Morgan fingerprint density at radius 3 is 2.58 bits per heavy atom. The zero-order valence-electron chi connectivity index (χ0n) is 17.8. The molecule has 1 fully saturated rings. The molecule has 162 valence electrons. The van der Waals surface area contributed by atoms with E-state index in [0.717, 1.165) is 46.8 Å². The number of likely N-dealkylation sites (tertiary alicyclic amines) is 1. The second kappa shape index (κ2) is 9.83. The number of carbonyl (C=O) groups is 1. The maximum atomic E-state index is 13.4. The van der Waals surface area contributed by atoms with Crippen molar-refractivity contribution >= 4 is 39.2 Å². The van der Waals surface area contributed by atoms with Crippen LogP contribution in [0.1, 0.15) is 31.2 Å². The zero-order chi connectivity index (χ0) is 21.8. The highest BCUT2D eigenvalue weighted by molar-refractivity contribution is 7.99. The highest BCUT2D eigenvalue weighted by Crippen LogP contribution is 2.36. The van der Waals surface area contributed by atoms with Gasteiger partial charge in [-0.2, -0.15) is 0 Å². The Hall–Kier alpha value is -2.38. The molecule has 0 unspecified atom stereocenters. The summed E-state index contributed by atoms with van der Waals surface area (Å²) in [5.41, 5.74) is 1.98. The minimum atomic E-state index is -0.0643. The molecule has 0 radical (unpaired) electrons. The Balaban J connectivity index is 1.67. The minimum absolute atomic E-state index is 0.0643. The molecule has 31 heavy (non-hydrogen) atoms. The minimum Gasteiger partial charge on any atom is -0.342 e. The number of thiophene rings is 1. The molecule has 3 aromatic rings. The van der Waals surface area contributed by atoms with E-state index in [1.54, 1.807) is 10.6 Å². The van der Waals surface area contributed by atoms with Gasteiger partial charge in [-0.1, -0.05) is 61.0 Å². The summed E-state index contributed by atoms with van der Waals surface area (Å²) >= 11 is 2.89. The summed E-state index contributed by atoms with van der Waals surface area (Å²) in [6.45, 7) is 7.82. The van der Waals surface area contributed by atoms with Crippen molar-refractivity contribution in [3.8, 4) is 10.4 Å². The van der Waals surface area contributed by atoms with Gasteiger partial charge in [-0.25, -0.2) is 4.98 Å². The molecule has 4 rings (SSSR count). The number of thioether (sulfide) groups is 1. The van der Waals surface area contributed by atoms with Crippen molar-refractivity contribution in [3.63, 3.8) is 0 Å². The van der Waals surface area contributed by atoms with Gasteiger partial charge in [-0.15, -0.1) is 17.9 Å². The summed E-state index contributed by atoms with van der Waals surface area (Å²) in [6, 6.07) is 10.1. The number of fused-ring (bicyclic) bond motifs is 1. The number of benzene rings is 1. The van der Waals surface area contributed by atoms with Crippen molar-refractivity contribution in [2.45, 2.75) is 44.3 Å². The highest BCUT2D eigenvalue weighted by Gasteiger charge is 2.21. The summed E-state index contributed by atoms with van der Waals surface area (Å²) in [6.07, 6.45) is 6.22. The molecular weight excluding hydrogens is 426 g/mol. The van der Waals surface area contributed by atoms with E-state index in [9.17, 15) is 9.59 Å². The number of hydrogen-bond acceptors (Lipinski definition) is 5. The Morgan fingerprint density at radius 2 is 1.90 bits per heavy atom. The van der Waals surface area contributed by atoms with Crippen molar-refractivity contribution in [2.24, 2.45) is 0 Å². The van der Waals surface area contributed by atoms with E-state index in [-0.39, 0.29) is 11.5 Å². The second-order valence-corrected chi connectivity index (χ2v) is 9.73. The maximum absolute atomic E-state index is 13.4. The molecule has 1 aliphatic rings. The lowest BCUT2D eigenvalue weighted by Gasteiger charge is -2.20. The van der Waals surface area contributed by atoms with E-state index in [1.165, 1.54) is 35.9 Å². The van der Waals surface area contributed by atoms with Crippen LogP contribution in [0.2, 0.25) is 0 Å². The highest BCUT2D eigenvalue weighted by atomic mass is 32.2. The van der Waals surface area contributed by atoms with E-state index in [0.29, 0.717) is 22.8 Å². The van der Waals surface area contributed by atoms with Gasteiger partial charge in [0.15, 0.2) is 5.16 Å². The van der Waals surface area contributed by atoms with E-state index in [4.69, 9.17) is 4.98 Å². The predicted molar refractivity (Wildman–Crippen MR) is 130 cm³/mol. The number of aryl methyl sites for hydroxylation is 1. The van der Waals surface area contributed by atoms with Gasteiger partial charge in [0, 0.05) is 24.5 Å². The van der Waals surface area contributed by atoms with Crippen molar-refractivity contribution in [2.75, 3.05) is 18.8 Å². The van der Waals surface area contributed by atoms with Gasteiger partial charge in [-0.05, 0) is 30.9 Å². The number of carbonyl (C=O) groups excluding carboxylic acids is 1. The first kappa shape index (κ1) is 21.8. The fourth-order valence-electron chi connectivity index (χ4n) is 4.00. The lowest BCUT2D eigenvalue weighted by Crippen LogP contribution is -2.33. The average Bonchev–Trinajstić information content (AvgIpc) is 2.95. The van der Waals surface area contributed by atoms with Crippen molar-refractivity contribution in [1.29, 1.82) is 0 Å². The lowest BCUT2D eigenvalue weighted by atomic mass is 10.1. The Morgan fingerprint density at radius 1 is 1.19 bits per heavy atom. The van der Waals surface area contributed by atoms with Crippen molar-refractivity contribution in [3.05, 3.63) is 58.9 Å². The summed E-state index contributed by atoms with van der Waals surface area (Å²) in [4.78, 5) is 34.7. The van der Waals surface area contributed by atoms with Crippen LogP contribution in [0.15, 0.2) is 52.9 Å². The van der Waals surface area contributed by atoms with Crippen LogP contribution in [0.25, 0.3) is 20.7 Å². The summed E-state index contributed by atoms with van der Waals surface area (Å²) in [7, 11) is 0. The number of hydrogen-bond donors (Lipinski definition) is 0. The van der Waals surface area contributed by atoms with Crippen LogP contribution in [0.4, 0.5) is 0 Å². The fraction of sp³-hybridized carbons (Fsp3) is 0.375. The molecule has 0 aliphatic carbocycles. The van der Waals surface area contributed by atoms with Crippen LogP contribution in [-0.4, -0.2) is 39.2 Å². The number of allylic oxidation sites excluding steroid dienone is 1. The quantitative estimate of drug-likeness (QED) is 0.296. The third-order valence-corrected chi connectivity index (χ3v) is 7.84. The average molecular weight is 454 g/mol. The van der Waals surface area contributed by atoms with E-state index < -0.39 is 0 Å². The topological polar surface area (TPSA) is 55.2 Å². The van der Waals surface area contributed by atoms with E-state index in [2.05, 4.69) is 18.7 Å². The Labute approximate surface area is 190 Å². The number of amides is 1. The first-order valence-electron chi connectivity index (χ1n) is 10.7. The number of aromatic nitrogens is 2. The van der Waals surface area contributed by atoms with Crippen LogP contribution in [-0.2, 0) is 11.3 Å². The summed E-state index contributed by atoms with van der Waals surface area (Å²) in [5, 5.41) is 1.25. The normalized spacial score (nSPS) is 14.5. The number of nitrogens with zero attached hydrogens (tertiary/aromatic N) is 3. The Kier molecular flexibility index (Phi) is 6.92. The van der Waals surface area contributed by atoms with Gasteiger partial charge in [0.05, 0.1) is 11.1 Å². The second-order valence-electron chi connectivity index (χ2n) is 7.78. The molecule has 1 saturated heterocycles. The lowest BCUT2D eigenvalue weighted by molar-refractivity contribution is -0.128. The molecule has 1 aliphatic heterocycles. The third-order valence-electron chi connectivity index (χ3n) is 5.65. The maximum Gasteiger partial charge on any atom is 0.263 e. The largest absolute Gasteiger partial charge is 0.342 e. The van der Waals surface area contributed by atoms with Gasteiger partial charge in [0.2, 0.25) is 5.91 Å². The molecule has 0 spiro atoms. The van der Waals surface area contributed by atoms with Gasteiger partial charge in [-0.3, -0.25) is 14.2 Å². The Bertz CT molecular complexity index is 1140. The van der Waals surface area contributed by atoms with Gasteiger partial charge < -0.3 is 4.90 Å². The van der Waals surface area contributed by atoms with Gasteiger partial charge in [0.1, 0.15) is 4.83 Å². The molecule has 5 nitrogen and oxygen atoms in total. The monoisotopic (exact) mass is 453 g/mol. The molecule has 0 saturated carbocycles. The molecular formula is C24H27N3O2S2. The fourth-order valence-corrected chi connectivity index (χ4v) is 6.14. The number of rotatable bonds is 6. The first-order valence-corrected chi connectivity index (χ1v) is 12.5. The molecule has 1 amide bonds. The van der Waals surface area contributed by atoms with Gasteiger partial charge >= 0.3 is 0 Å². The van der Waals surface area contributed by atoms with Crippen LogP contribution in [0.5, 0.6) is 0 Å². The molecule has 0 bridgehead atoms. The molecule has 2 aromatic heterocycles. The van der Waals surface area contributed by atoms with E-state index >= 15 is 0 Å². The molecule has 7 heteroatoms. The summed E-state index contributed by atoms with van der Waals surface area (Å²) in [5.74, 6) is 0.420. The van der Waals surface area contributed by atoms with Crippen molar-refractivity contribution in [1.82, 2.24) is 14.5 Å². The van der Waals surface area contributed by atoms with Crippen LogP contribution < -0.4 is 5.56 Å². The van der Waals surface area contributed by atoms with Crippen LogP contribution >= 0.6 is 23.1 Å². The van der Waals surface area contributed by atoms with Crippen LogP contribution in [0, 0.1) is 6.92 Å². The smallest absolute Gasteiger partial charge is 0.263 e. The molecule has 3 heterocycles. The van der Waals surface area contributed by atoms with E-state index in [1.807, 2.05) is 30.0 Å². The first-order chi connectivity index (χ1) is 15.1. The van der Waals surface area contributed by atoms with Crippen LogP contribution in [0.3, 0.4) is 0 Å². The third kappa shape index (κ3) is 4.62. The SMILES string of the molecule is C=CCn1c(SCC(=O)N2CCCCCC2)nc2sc(-c3ccccc3)c(C)c2c1=O. The summed E-state index contributed by atoms with van der Waals surface area (Å²) < 4.78 is 1.64. The molecule has 1 aromatic carbocycles. The molecule has 0 N–H and O–H groups in total. The molecule has 0 atom stereocenters. The standard InChI is InChI=1S/C24H27N3O2S2/c1-3-13-27-23(29)20-17(2)21(18-11-7-6-8-12-18)31-22(20)25-24(27)30-16-19(28)26-14-9-4-5-10-15-26/h3,6-8,11-12H,1,4-5,9-10,13-16H2,2H3. The zero-order valence-corrected chi connectivity index (χ0v) is 19.4. The van der Waals surface area contributed by atoms with Crippen molar-refractivity contribution < 1.29 is 4.79 Å².